The Bertz CT molecular complexity index is 414. The minimum atomic E-state index is -0.204. The predicted molar refractivity (Wildman–Crippen MR) is 74.5 cm³/mol. The zero-order chi connectivity index (χ0) is 13.5. The van der Waals surface area contributed by atoms with Crippen molar-refractivity contribution in [3.63, 3.8) is 0 Å². The van der Waals surface area contributed by atoms with Crippen LogP contribution in [-0.2, 0) is 4.74 Å². The van der Waals surface area contributed by atoms with Crippen LogP contribution in [0.2, 0.25) is 0 Å². The molecule has 1 rings (SSSR count). The van der Waals surface area contributed by atoms with Crippen LogP contribution in [0.4, 0.5) is 0 Å². The Balaban J connectivity index is 2.74. The molecule has 1 atom stereocenters. The molecular weight excluding hydrogens is 321 g/mol. The van der Waals surface area contributed by atoms with Gasteiger partial charge in [0.05, 0.1) is 24.2 Å². The largest absolute Gasteiger partial charge is 0.496 e. The molecule has 0 aliphatic heterocycles. The highest BCUT2D eigenvalue weighted by Crippen LogP contribution is 2.25. The molecule has 4 nitrogen and oxygen atoms in total. The van der Waals surface area contributed by atoms with Gasteiger partial charge in [-0.2, -0.15) is 0 Å². The van der Waals surface area contributed by atoms with Crippen LogP contribution in [0.25, 0.3) is 0 Å². The molecule has 0 heterocycles. The van der Waals surface area contributed by atoms with Crippen LogP contribution in [0.3, 0.4) is 0 Å². The van der Waals surface area contributed by atoms with Gasteiger partial charge in [0, 0.05) is 18.6 Å². The molecule has 0 spiro atoms. The molecule has 1 aromatic carbocycles. The van der Waals surface area contributed by atoms with Crippen molar-refractivity contribution in [3.8, 4) is 5.75 Å². The molecule has 0 aliphatic carbocycles. The highest BCUT2D eigenvalue weighted by Gasteiger charge is 2.14. The number of benzene rings is 1. The van der Waals surface area contributed by atoms with E-state index in [1.165, 1.54) is 0 Å². The number of alkyl halides is 1. The second kappa shape index (κ2) is 7.61. The number of nitrogens with one attached hydrogen (secondary N) is 1. The number of ether oxygens (including phenoxy) is 2. The highest BCUT2D eigenvalue weighted by molar-refractivity contribution is 9.10. The van der Waals surface area contributed by atoms with E-state index >= 15 is 0 Å². The summed E-state index contributed by atoms with van der Waals surface area (Å²) in [6, 6.07) is 4.92. The smallest absolute Gasteiger partial charge is 0.251 e. The predicted octanol–water partition coefficient (Wildman–Crippen LogP) is 2.44. The lowest BCUT2D eigenvalue weighted by molar-refractivity contribution is 0.0906. The van der Waals surface area contributed by atoms with Crippen LogP contribution in [0, 0.1) is 0 Å². The van der Waals surface area contributed by atoms with Crippen molar-refractivity contribution in [2.24, 2.45) is 0 Å². The van der Waals surface area contributed by atoms with Gasteiger partial charge in [0.1, 0.15) is 5.75 Å². The minimum absolute atomic E-state index is 0.193. The van der Waals surface area contributed by atoms with Crippen molar-refractivity contribution < 1.29 is 14.3 Å². The maximum atomic E-state index is 12.0. The molecule has 0 saturated carbocycles. The summed E-state index contributed by atoms with van der Waals surface area (Å²) in [4.78, 5) is 12.0. The van der Waals surface area contributed by atoms with Crippen molar-refractivity contribution in [1.82, 2.24) is 5.32 Å². The number of carbonyl (C=O) groups is 1. The number of hydrogen-bond acceptors (Lipinski definition) is 3. The summed E-state index contributed by atoms with van der Waals surface area (Å²) in [7, 11) is 3.14. The quantitative estimate of drug-likeness (QED) is 0.812. The monoisotopic (exact) mass is 335 g/mol. The van der Waals surface area contributed by atoms with Gasteiger partial charge in [-0.3, -0.25) is 4.79 Å². The van der Waals surface area contributed by atoms with Crippen molar-refractivity contribution in [2.45, 2.75) is 6.04 Å². The summed E-state index contributed by atoms with van der Waals surface area (Å²) in [6.45, 7) is 0.382. The first-order chi connectivity index (χ1) is 8.62. The van der Waals surface area contributed by atoms with E-state index in [-0.39, 0.29) is 11.9 Å². The molecule has 0 fully saturated rings. The van der Waals surface area contributed by atoms with E-state index in [1.807, 2.05) is 0 Å². The molecule has 6 heteroatoms. The summed E-state index contributed by atoms with van der Waals surface area (Å²) in [5.74, 6) is 0.787. The Labute approximate surface area is 120 Å². The van der Waals surface area contributed by atoms with E-state index in [1.54, 1.807) is 32.4 Å². The van der Waals surface area contributed by atoms with Gasteiger partial charge in [-0.05, 0) is 34.1 Å². The summed E-state index contributed by atoms with van der Waals surface area (Å²) in [6.07, 6.45) is 0. The average Bonchev–Trinajstić information content (AvgIpc) is 2.37. The number of methoxy groups -OCH3 is 2. The maximum absolute atomic E-state index is 12.0. The fourth-order valence-corrected chi connectivity index (χ4v) is 2.11. The molecular formula is C12H15BrClNO3. The lowest BCUT2D eigenvalue weighted by Crippen LogP contribution is -2.39. The van der Waals surface area contributed by atoms with E-state index in [0.717, 1.165) is 4.47 Å². The first-order valence-corrected chi connectivity index (χ1v) is 6.64. The third kappa shape index (κ3) is 4.15. The van der Waals surface area contributed by atoms with Crippen molar-refractivity contribution in [1.29, 1.82) is 0 Å². The molecule has 1 amide bonds. The molecule has 1 unspecified atom stereocenters. The van der Waals surface area contributed by atoms with E-state index < -0.39 is 0 Å². The third-order valence-electron chi connectivity index (χ3n) is 2.30. The summed E-state index contributed by atoms with van der Waals surface area (Å²) < 4.78 is 10.8. The van der Waals surface area contributed by atoms with Crippen molar-refractivity contribution in [2.75, 3.05) is 26.7 Å². The summed E-state index contributed by atoms with van der Waals surface area (Å²) >= 11 is 9.07. The number of halogens is 2. The molecule has 0 bridgehead atoms. The first-order valence-electron chi connectivity index (χ1n) is 5.31. The van der Waals surface area contributed by atoms with Crippen LogP contribution in [0.15, 0.2) is 22.7 Å². The Morgan fingerprint density at radius 3 is 2.72 bits per heavy atom. The second-order valence-corrected chi connectivity index (χ2v) is 4.79. The number of carbonyl (C=O) groups excluding carboxylic acids is 1. The number of hydrogen-bond donors (Lipinski definition) is 1. The third-order valence-corrected chi connectivity index (χ3v) is 3.30. The Morgan fingerprint density at radius 2 is 2.22 bits per heavy atom. The van der Waals surface area contributed by atoms with Gasteiger partial charge >= 0.3 is 0 Å². The molecule has 1 N–H and O–H groups in total. The van der Waals surface area contributed by atoms with E-state index in [4.69, 9.17) is 21.1 Å². The Kier molecular flexibility index (Phi) is 6.46. The number of amides is 1. The molecule has 18 heavy (non-hydrogen) atoms. The summed E-state index contributed by atoms with van der Waals surface area (Å²) in [5, 5.41) is 2.79. The highest BCUT2D eigenvalue weighted by atomic mass is 79.9. The Morgan fingerprint density at radius 1 is 1.50 bits per heavy atom. The Hall–Kier alpha value is -0.780. The van der Waals surface area contributed by atoms with Gasteiger partial charge in [0.2, 0.25) is 0 Å². The van der Waals surface area contributed by atoms with Gasteiger partial charge in [-0.25, -0.2) is 0 Å². The van der Waals surface area contributed by atoms with E-state index in [2.05, 4.69) is 21.2 Å². The molecule has 100 valence electrons. The van der Waals surface area contributed by atoms with Gasteiger partial charge < -0.3 is 14.8 Å². The maximum Gasteiger partial charge on any atom is 0.251 e. The zero-order valence-electron chi connectivity index (χ0n) is 10.2. The van der Waals surface area contributed by atoms with E-state index in [9.17, 15) is 4.79 Å². The molecule has 0 aliphatic rings. The minimum Gasteiger partial charge on any atom is -0.496 e. The van der Waals surface area contributed by atoms with Crippen LogP contribution < -0.4 is 10.1 Å². The van der Waals surface area contributed by atoms with Crippen molar-refractivity contribution in [3.05, 3.63) is 28.2 Å². The molecule has 0 aromatic heterocycles. The lowest BCUT2D eigenvalue weighted by atomic mass is 10.2. The van der Waals surface area contributed by atoms with Crippen LogP contribution >= 0.6 is 27.5 Å². The molecule has 0 radical (unpaired) electrons. The summed E-state index contributed by atoms with van der Waals surface area (Å²) in [5.41, 5.74) is 0.536. The second-order valence-electron chi connectivity index (χ2n) is 3.63. The average molecular weight is 337 g/mol. The molecule has 1 aromatic rings. The normalized spacial score (nSPS) is 12.0. The van der Waals surface area contributed by atoms with Gasteiger partial charge in [0.25, 0.3) is 5.91 Å². The van der Waals surface area contributed by atoms with Gasteiger partial charge in [0.15, 0.2) is 0 Å². The van der Waals surface area contributed by atoms with Gasteiger partial charge in [-0.1, -0.05) is 0 Å². The van der Waals surface area contributed by atoms with Crippen LogP contribution in [0.5, 0.6) is 5.75 Å². The first kappa shape index (κ1) is 15.3. The standard InChI is InChI=1S/C12H15BrClNO3/c1-17-7-9(6-14)15-12(16)8-3-4-11(18-2)10(13)5-8/h3-5,9H,6-7H2,1-2H3,(H,15,16). The van der Waals surface area contributed by atoms with Crippen LogP contribution in [0.1, 0.15) is 10.4 Å². The van der Waals surface area contributed by atoms with Gasteiger partial charge in [-0.15, -0.1) is 11.6 Å². The zero-order valence-corrected chi connectivity index (χ0v) is 12.5. The fraction of sp³-hybridized carbons (Fsp3) is 0.417. The van der Waals surface area contributed by atoms with Crippen LogP contribution in [-0.4, -0.2) is 38.7 Å². The SMILES string of the molecule is COCC(CCl)NC(=O)c1ccc(OC)c(Br)c1. The number of rotatable bonds is 6. The lowest BCUT2D eigenvalue weighted by Gasteiger charge is -2.15. The fourth-order valence-electron chi connectivity index (χ4n) is 1.40. The topological polar surface area (TPSA) is 47.6 Å². The van der Waals surface area contributed by atoms with E-state index in [0.29, 0.717) is 23.8 Å². The molecule has 0 saturated heterocycles. The van der Waals surface area contributed by atoms with Crippen molar-refractivity contribution >= 4 is 33.4 Å².